The molecule has 86 valence electrons. The van der Waals surface area contributed by atoms with E-state index in [2.05, 4.69) is 100 Å². The lowest BCUT2D eigenvalue weighted by molar-refractivity contribution is 1.17. The normalized spacial score (nSPS) is 10.6. The van der Waals surface area contributed by atoms with Crippen LogP contribution in [0, 0.1) is 12.1 Å². The van der Waals surface area contributed by atoms with Crippen LogP contribution >= 0.6 is 63.7 Å². The average molecular weight is 482 g/mol. The van der Waals surface area contributed by atoms with Crippen LogP contribution in [0.4, 0.5) is 0 Å². The first kappa shape index (κ1) is 13.8. The number of rotatable bonds is 2. The van der Waals surface area contributed by atoms with E-state index in [0.717, 1.165) is 24.3 Å². The van der Waals surface area contributed by atoms with Gasteiger partial charge < -0.3 is 0 Å². The Labute approximate surface area is 134 Å². The van der Waals surface area contributed by atoms with Gasteiger partial charge in [-0.25, -0.2) is 0 Å². The fraction of sp³-hybridized carbons (Fsp3) is 0.0769. The summed E-state index contributed by atoms with van der Waals surface area (Å²) in [5.41, 5.74) is 2.46. The van der Waals surface area contributed by atoms with E-state index in [1.54, 1.807) is 0 Å². The molecule has 0 N–H and O–H groups in total. The van der Waals surface area contributed by atoms with E-state index in [1.807, 2.05) is 0 Å². The van der Waals surface area contributed by atoms with Crippen LogP contribution < -0.4 is 0 Å². The van der Waals surface area contributed by atoms with Crippen LogP contribution in [0.2, 0.25) is 0 Å². The molecule has 0 aliphatic heterocycles. The molecule has 0 bridgehead atoms. The minimum atomic E-state index is 0.873. The SMILES string of the molecule is Brc1[c]c(Br)cc(Cc2cc(Br)[c]c(Br)c2)c1. The molecule has 0 aromatic heterocycles. The maximum Gasteiger partial charge on any atom is 0.0268 e. The molecule has 0 aliphatic rings. The second-order valence-corrected chi connectivity index (χ2v) is 6.96. The van der Waals surface area contributed by atoms with Gasteiger partial charge in [0.05, 0.1) is 0 Å². The van der Waals surface area contributed by atoms with Gasteiger partial charge in [-0.15, -0.1) is 0 Å². The Morgan fingerprint density at radius 3 is 1.24 bits per heavy atom. The molecule has 0 fully saturated rings. The van der Waals surface area contributed by atoms with Crippen LogP contribution in [-0.4, -0.2) is 0 Å². The third-order valence-electron chi connectivity index (χ3n) is 2.13. The maximum atomic E-state index is 3.45. The quantitative estimate of drug-likeness (QED) is 0.499. The van der Waals surface area contributed by atoms with Crippen molar-refractivity contribution >= 4 is 63.7 Å². The Balaban J connectivity index is 2.31. The first-order valence-corrected chi connectivity index (χ1v) is 7.94. The van der Waals surface area contributed by atoms with Gasteiger partial charge in [-0.3, -0.25) is 0 Å². The van der Waals surface area contributed by atoms with Crippen molar-refractivity contribution in [1.82, 2.24) is 0 Å². The standard InChI is InChI=1S/C13H6Br4/c14-10-2-8(3-11(15)6-10)1-9-4-12(16)7-13(17)5-9/h2-5H,1H2. The second kappa shape index (κ2) is 6.00. The topological polar surface area (TPSA) is 0 Å². The largest absolute Gasteiger partial charge is 0.0501 e. The lowest BCUT2D eigenvalue weighted by atomic mass is 10.1. The first-order valence-electron chi connectivity index (χ1n) is 4.77. The first-order chi connectivity index (χ1) is 8.02. The summed E-state index contributed by atoms with van der Waals surface area (Å²) in [6.07, 6.45) is 0.873. The van der Waals surface area contributed by atoms with Crippen molar-refractivity contribution in [2.75, 3.05) is 0 Å². The van der Waals surface area contributed by atoms with Crippen LogP contribution in [0.3, 0.4) is 0 Å². The molecule has 0 aliphatic carbocycles. The smallest absolute Gasteiger partial charge is 0.0268 e. The fourth-order valence-electron chi connectivity index (χ4n) is 1.55. The molecule has 0 unspecified atom stereocenters. The van der Waals surface area contributed by atoms with Crippen LogP contribution in [0.15, 0.2) is 42.2 Å². The lowest BCUT2D eigenvalue weighted by Crippen LogP contribution is -1.89. The molecule has 0 saturated carbocycles. The average Bonchev–Trinajstić information content (AvgIpc) is 2.13. The Bertz CT molecular complexity index is 459. The molecular formula is C13H6Br4. The van der Waals surface area contributed by atoms with Crippen molar-refractivity contribution in [3.05, 3.63) is 65.4 Å². The highest BCUT2D eigenvalue weighted by atomic mass is 79.9. The number of hydrogen-bond donors (Lipinski definition) is 0. The Kier molecular flexibility index (Phi) is 4.87. The zero-order valence-electron chi connectivity index (χ0n) is 8.53. The molecule has 0 spiro atoms. The number of halogens is 4. The second-order valence-electron chi connectivity index (χ2n) is 3.55. The summed E-state index contributed by atoms with van der Waals surface area (Å²) in [5, 5.41) is 0. The van der Waals surface area contributed by atoms with Gasteiger partial charge in [0.1, 0.15) is 0 Å². The van der Waals surface area contributed by atoms with Gasteiger partial charge in [-0.1, -0.05) is 63.7 Å². The van der Waals surface area contributed by atoms with Crippen molar-refractivity contribution in [3.63, 3.8) is 0 Å². The van der Waals surface area contributed by atoms with Gasteiger partial charge in [-0.05, 0) is 41.8 Å². The molecule has 4 heteroatoms. The molecule has 0 heterocycles. The highest BCUT2D eigenvalue weighted by Crippen LogP contribution is 2.24. The van der Waals surface area contributed by atoms with E-state index in [4.69, 9.17) is 0 Å². The minimum absolute atomic E-state index is 0.873. The van der Waals surface area contributed by atoms with Gasteiger partial charge >= 0.3 is 0 Å². The Morgan fingerprint density at radius 1 is 0.647 bits per heavy atom. The van der Waals surface area contributed by atoms with Crippen molar-refractivity contribution in [2.24, 2.45) is 0 Å². The van der Waals surface area contributed by atoms with Crippen LogP contribution in [0.25, 0.3) is 0 Å². The third kappa shape index (κ3) is 4.19. The van der Waals surface area contributed by atoms with Crippen LogP contribution in [-0.2, 0) is 6.42 Å². The van der Waals surface area contributed by atoms with Crippen molar-refractivity contribution < 1.29 is 0 Å². The van der Waals surface area contributed by atoms with E-state index in [0.29, 0.717) is 0 Å². The fourth-order valence-corrected chi connectivity index (χ4v) is 4.11. The van der Waals surface area contributed by atoms with Crippen molar-refractivity contribution in [1.29, 1.82) is 0 Å². The van der Waals surface area contributed by atoms with Crippen molar-refractivity contribution in [2.45, 2.75) is 6.42 Å². The third-order valence-corrected chi connectivity index (χ3v) is 3.84. The zero-order valence-corrected chi connectivity index (χ0v) is 14.9. The summed E-state index contributed by atoms with van der Waals surface area (Å²) in [6, 6.07) is 14.5. The zero-order chi connectivity index (χ0) is 12.4. The summed E-state index contributed by atoms with van der Waals surface area (Å²) in [4.78, 5) is 0. The maximum absolute atomic E-state index is 3.45. The Morgan fingerprint density at radius 2 is 0.941 bits per heavy atom. The lowest BCUT2D eigenvalue weighted by Gasteiger charge is -2.05. The van der Waals surface area contributed by atoms with Gasteiger partial charge in [0.2, 0.25) is 0 Å². The van der Waals surface area contributed by atoms with E-state index >= 15 is 0 Å². The van der Waals surface area contributed by atoms with E-state index < -0.39 is 0 Å². The van der Waals surface area contributed by atoms with Crippen LogP contribution in [0.1, 0.15) is 11.1 Å². The highest BCUT2D eigenvalue weighted by molar-refractivity contribution is 9.11. The van der Waals surface area contributed by atoms with E-state index in [9.17, 15) is 0 Å². The van der Waals surface area contributed by atoms with E-state index in [1.165, 1.54) is 11.1 Å². The van der Waals surface area contributed by atoms with Gasteiger partial charge in [0.25, 0.3) is 0 Å². The monoisotopic (exact) mass is 478 g/mol. The molecule has 0 saturated heterocycles. The van der Waals surface area contributed by atoms with E-state index in [-0.39, 0.29) is 0 Å². The molecule has 2 radical (unpaired) electrons. The summed E-state index contributed by atoms with van der Waals surface area (Å²) in [5.74, 6) is 0. The molecule has 2 aromatic carbocycles. The summed E-state index contributed by atoms with van der Waals surface area (Å²) >= 11 is 13.8. The molecule has 0 nitrogen and oxygen atoms in total. The molecule has 0 atom stereocenters. The predicted octanol–water partition coefficient (Wildman–Crippen LogP) is 5.93. The van der Waals surface area contributed by atoms with Gasteiger partial charge in [0.15, 0.2) is 0 Å². The Hall–Kier alpha value is 0.360. The minimum Gasteiger partial charge on any atom is -0.0501 e. The molecule has 2 aromatic rings. The molecule has 2 rings (SSSR count). The van der Waals surface area contributed by atoms with Crippen molar-refractivity contribution in [3.8, 4) is 0 Å². The summed E-state index contributed by atoms with van der Waals surface area (Å²) in [7, 11) is 0. The highest BCUT2D eigenvalue weighted by Gasteiger charge is 2.02. The van der Waals surface area contributed by atoms with Crippen LogP contribution in [0.5, 0.6) is 0 Å². The van der Waals surface area contributed by atoms with Gasteiger partial charge in [-0.2, -0.15) is 0 Å². The summed E-state index contributed by atoms with van der Waals surface area (Å²) in [6.45, 7) is 0. The van der Waals surface area contributed by atoms with Gasteiger partial charge in [0, 0.05) is 30.0 Å². The summed E-state index contributed by atoms with van der Waals surface area (Å²) < 4.78 is 3.84. The molecule has 17 heavy (non-hydrogen) atoms. The number of benzene rings is 2. The molecule has 0 amide bonds. The molecular weight excluding hydrogens is 476 g/mol. The number of hydrogen-bond acceptors (Lipinski definition) is 0. The predicted molar refractivity (Wildman–Crippen MR) is 84.2 cm³/mol.